The second kappa shape index (κ2) is 8.45. The SMILES string of the molecule is CCNc1cc(NCCNC(=O)c2ccc(C(F)(F)F)nc2)nc(C)n1. The zero-order chi connectivity index (χ0) is 19.2. The van der Waals surface area contributed by atoms with Crippen LogP contribution in [0.15, 0.2) is 24.4 Å². The van der Waals surface area contributed by atoms with Gasteiger partial charge in [0.15, 0.2) is 0 Å². The number of aromatic nitrogens is 3. The van der Waals surface area contributed by atoms with Gasteiger partial charge in [0.25, 0.3) is 5.91 Å². The van der Waals surface area contributed by atoms with Gasteiger partial charge >= 0.3 is 6.18 Å². The Kier molecular flexibility index (Phi) is 6.31. The van der Waals surface area contributed by atoms with Crippen LogP contribution in [0.3, 0.4) is 0 Å². The van der Waals surface area contributed by atoms with Crippen LogP contribution in [0.4, 0.5) is 24.8 Å². The van der Waals surface area contributed by atoms with Crippen LogP contribution in [-0.4, -0.2) is 40.5 Å². The van der Waals surface area contributed by atoms with E-state index in [4.69, 9.17) is 0 Å². The molecule has 0 unspecified atom stereocenters. The fourth-order valence-corrected chi connectivity index (χ4v) is 2.09. The molecule has 2 aromatic rings. The van der Waals surface area contributed by atoms with Crippen molar-refractivity contribution in [1.29, 1.82) is 0 Å². The molecule has 26 heavy (non-hydrogen) atoms. The van der Waals surface area contributed by atoms with Gasteiger partial charge in [0.05, 0.1) is 5.56 Å². The molecule has 0 aliphatic carbocycles. The van der Waals surface area contributed by atoms with E-state index in [-0.39, 0.29) is 12.1 Å². The van der Waals surface area contributed by atoms with Crippen molar-refractivity contribution in [3.8, 4) is 0 Å². The Bertz CT molecular complexity index is 749. The number of pyridine rings is 1. The van der Waals surface area contributed by atoms with Crippen molar-refractivity contribution in [2.24, 2.45) is 0 Å². The average Bonchev–Trinajstić information content (AvgIpc) is 2.58. The smallest absolute Gasteiger partial charge is 0.370 e. The van der Waals surface area contributed by atoms with E-state index < -0.39 is 17.8 Å². The van der Waals surface area contributed by atoms with E-state index in [1.807, 2.05) is 6.92 Å². The summed E-state index contributed by atoms with van der Waals surface area (Å²) in [5.74, 6) is 1.41. The van der Waals surface area contributed by atoms with Gasteiger partial charge in [-0.3, -0.25) is 9.78 Å². The Morgan fingerprint density at radius 1 is 1.12 bits per heavy atom. The van der Waals surface area contributed by atoms with Crippen LogP contribution in [0.5, 0.6) is 0 Å². The monoisotopic (exact) mass is 368 g/mol. The number of hydrogen-bond donors (Lipinski definition) is 3. The minimum Gasteiger partial charge on any atom is -0.370 e. The fourth-order valence-electron chi connectivity index (χ4n) is 2.09. The summed E-state index contributed by atoms with van der Waals surface area (Å²) in [4.78, 5) is 23.6. The summed E-state index contributed by atoms with van der Waals surface area (Å²) in [6.07, 6.45) is -3.62. The van der Waals surface area contributed by atoms with Gasteiger partial charge in [-0.2, -0.15) is 13.2 Å². The Hall–Kier alpha value is -2.91. The third-order valence-electron chi connectivity index (χ3n) is 3.23. The average molecular weight is 368 g/mol. The first-order valence-corrected chi connectivity index (χ1v) is 7.94. The van der Waals surface area contributed by atoms with Gasteiger partial charge in [-0.1, -0.05) is 0 Å². The number of halogens is 3. The van der Waals surface area contributed by atoms with E-state index in [9.17, 15) is 18.0 Å². The molecule has 140 valence electrons. The lowest BCUT2D eigenvalue weighted by molar-refractivity contribution is -0.141. The number of hydrogen-bond acceptors (Lipinski definition) is 6. The molecule has 0 aliphatic rings. The van der Waals surface area contributed by atoms with Gasteiger partial charge in [-0.15, -0.1) is 0 Å². The van der Waals surface area contributed by atoms with E-state index in [2.05, 4.69) is 30.9 Å². The third-order valence-corrected chi connectivity index (χ3v) is 3.23. The number of rotatable bonds is 7. The zero-order valence-electron chi connectivity index (χ0n) is 14.3. The molecule has 10 heteroatoms. The number of carbonyl (C=O) groups is 1. The van der Waals surface area contributed by atoms with Gasteiger partial charge in [-0.05, 0) is 26.0 Å². The molecule has 0 spiro atoms. The predicted octanol–water partition coefficient (Wildman–Crippen LogP) is 2.47. The quantitative estimate of drug-likeness (QED) is 0.651. The van der Waals surface area contributed by atoms with Crippen molar-refractivity contribution in [1.82, 2.24) is 20.3 Å². The topological polar surface area (TPSA) is 91.8 Å². The number of nitrogens with one attached hydrogen (secondary N) is 3. The first-order valence-electron chi connectivity index (χ1n) is 7.94. The zero-order valence-corrected chi connectivity index (χ0v) is 14.3. The van der Waals surface area contributed by atoms with E-state index in [1.54, 1.807) is 13.0 Å². The highest BCUT2D eigenvalue weighted by molar-refractivity contribution is 5.93. The third kappa shape index (κ3) is 5.57. The van der Waals surface area contributed by atoms with Crippen LogP contribution >= 0.6 is 0 Å². The lowest BCUT2D eigenvalue weighted by Crippen LogP contribution is -2.29. The van der Waals surface area contributed by atoms with Crippen LogP contribution in [0.2, 0.25) is 0 Å². The molecular weight excluding hydrogens is 349 g/mol. The first-order chi connectivity index (χ1) is 12.3. The highest BCUT2D eigenvalue weighted by atomic mass is 19.4. The molecular formula is C16H19F3N6O. The van der Waals surface area contributed by atoms with Crippen molar-refractivity contribution in [3.05, 3.63) is 41.5 Å². The second-order valence-corrected chi connectivity index (χ2v) is 5.33. The van der Waals surface area contributed by atoms with Gasteiger partial charge < -0.3 is 16.0 Å². The number of amides is 1. The molecule has 0 saturated carbocycles. The van der Waals surface area contributed by atoms with Crippen LogP contribution in [0.25, 0.3) is 0 Å². The summed E-state index contributed by atoms with van der Waals surface area (Å²) in [7, 11) is 0. The molecule has 0 bridgehead atoms. The van der Waals surface area contributed by atoms with Gasteiger partial charge in [0.2, 0.25) is 0 Å². The van der Waals surface area contributed by atoms with Crippen molar-refractivity contribution < 1.29 is 18.0 Å². The van der Waals surface area contributed by atoms with Crippen molar-refractivity contribution in [2.45, 2.75) is 20.0 Å². The number of nitrogens with zero attached hydrogens (tertiary/aromatic N) is 3. The van der Waals surface area contributed by atoms with Gasteiger partial charge in [0, 0.05) is 31.9 Å². The van der Waals surface area contributed by atoms with Gasteiger partial charge in [0.1, 0.15) is 23.2 Å². The van der Waals surface area contributed by atoms with Crippen LogP contribution in [0, 0.1) is 6.92 Å². The molecule has 0 saturated heterocycles. The maximum absolute atomic E-state index is 12.4. The molecule has 2 aromatic heterocycles. The largest absolute Gasteiger partial charge is 0.433 e. The maximum atomic E-state index is 12.4. The minimum atomic E-state index is -4.53. The van der Waals surface area contributed by atoms with Crippen molar-refractivity contribution in [3.63, 3.8) is 0 Å². The van der Waals surface area contributed by atoms with E-state index in [0.29, 0.717) is 24.0 Å². The standard InChI is InChI=1S/C16H19F3N6O/c1-3-20-13-8-14(25-10(2)24-13)21-6-7-22-15(26)11-4-5-12(23-9-11)16(17,18)19/h4-5,8-9H,3,6-7H2,1-2H3,(H,22,26)(H2,20,21,24,25). The molecule has 0 aromatic carbocycles. The van der Waals surface area contributed by atoms with Crippen LogP contribution in [0.1, 0.15) is 28.8 Å². The Labute approximate surface area is 148 Å². The molecule has 2 rings (SSSR count). The lowest BCUT2D eigenvalue weighted by atomic mass is 10.2. The highest BCUT2D eigenvalue weighted by Gasteiger charge is 2.32. The lowest BCUT2D eigenvalue weighted by Gasteiger charge is -2.10. The summed E-state index contributed by atoms with van der Waals surface area (Å²) >= 11 is 0. The van der Waals surface area contributed by atoms with E-state index >= 15 is 0 Å². The predicted molar refractivity (Wildman–Crippen MR) is 91.0 cm³/mol. The summed E-state index contributed by atoms with van der Waals surface area (Å²) in [6, 6.07) is 3.62. The summed E-state index contributed by atoms with van der Waals surface area (Å²) in [5.41, 5.74) is -0.975. The van der Waals surface area contributed by atoms with Crippen molar-refractivity contribution in [2.75, 3.05) is 30.3 Å². The molecule has 7 nitrogen and oxygen atoms in total. The molecule has 0 radical (unpaired) electrons. The minimum absolute atomic E-state index is 0.0605. The van der Waals surface area contributed by atoms with Crippen LogP contribution in [-0.2, 0) is 6.18 Å². The molecule has 0 fully saturated rings. The molecule has 1 amide bonds. The number of anilines is 2. The Balaban J connectivity index is 1.83. The number of alkyl halides is 3. The normalized spacial score (nSPS) is 11.1. The summed E-state index contributed by atoms with van der Waals surface area (Å²) < 4.78 is 37.3. The number of aryl methyl sites for hydroxylation is 1. The van der Waals surface area contributed by atoms with E-state index in [0.717, 1.165) is 24.9 Å². The molecule has 0 atom stereocenters. The van der Waals surface area contributed by atoms with Crippen molar-refractivity contribution >= 4 is 17.5 Å². The highest BCUT2D eigenvalue weighted by Crippen LogP contribution is 2.27. The second-order valence-electron chi connectivity index (χ2n) is 5.33. The number of carbonyl (C=O) groups excluding carboxylic acids is 1. The fraction of sp³-hybridized carbons (Fsp3) is 0.375. The van der Waals surface area contributed by atoms with Crippen LogP contribution < -0.4 is 16.0 Å². The Morgan fingerprint density at radius 3 is 2.38 bits per heavy atom. The van der Waals surface area contributed by atoms with Gasteiger partial charge in [-0.25, -0.2) is 9.97 Å². The van der Waals surface area contributed by atoms with E-state index in [1.165, 1.54) is 0 Å². The molecule has 2 heterocycles. The first kappa shape index (κ1) is 19.4. The summed E-state index contributed by atoms with van der Waals surface area (Å²) in [5, 5.41) is 8.74. The molecule has 3 N–H and O–H groups in total. The molecule has 0 aliphatic heterocycles. The maximum Gasteiger partial charge on any atom is 0.433 e. The Morgan fingerprint density at radius 2 is 1.81 bits per heavy atom. The summed E-state index contributed by atoms with van der Waals surface area (Å²) in [6.45, 7) is 5.11.